The third-order valence-electron chi connectivity index (χ3n) is 4.04. The topological polar surface area (TPSA) is 72.4 Å². The fourth-order valence-electron chi connectivity index (χ4n) is 3.09. The number of fused-ring (bicyclic) bond motifs is 1. The van der Waals surface area contributed by atoms with Crippen molar-refractivity contribution in [2.75, 3.05) is 13.1 Å². The summed E-state index contributed by atoms with van der Waals surface area (Å²) in [6, 6.07) is 1.95. The first-order valence-electron chi connectivity index (χ1n) is 6.13. The van der Waals surface area contributed by atoms with Gasteiger partial charge in [0.05, 0.1) is 5.69 Å². The standard InChI is InChI=1S/C12H17N3O2/c1-7-4-11(17-14-7)12(16)15-5-8-2-3-10(13)9(8)6-15/h4,8-10H,2-3,5-6,13H2,1H3/t8-,9-,10-/m0/s1. The van der Waals surface area contributed by atoms with Crippen molar-refractivity contribution < 1.29 is 9.32 Å². The summed E-state index contributed by atoms with van der Waals surface area (Å²) in [4.78, 5) is 14.0. The van der Waals surface area contributed by atoms with E-state index in [4.69, 9.17) is 10.3 Å². The van der Waals surface area contributed by atoms with E-state index in [-0.39, 0.29) is 11.9 Å². The predicted molar refractivity (Wildman–Crippen MR) is 61.3 cm³/mol. The highest BCUT2D eigenvalue weighted by molar-refractivity contribution is 5.91. The van der Waals surface area contributed by atoms with Crippen LogP contribution < -0.4 is 5.73 Å². The zero-order chi connectivity index (χ0) is 12.0. The van der Waals surface area contributed by atoms with Gasteiger partial charge < -0.3 is 15.2 Å². The second-order valence-corrected chi connectivity index (χ2v) is 5.21. The second kappa shape index (κ2) is 3.84. The Bertz CT molecular complexity index is 443. The third-order valence-corrected chi connectivity index (χ3v) is 4.04. The lowest BCUT2D eigenvalue weighted by atomic mass is 9.98. The van der Waals surface area contributed by atoms with Crippen molar-refractivity contribution in [3.05, 3.63) is 17.5 Å². The molecule has 3 rings (SSSR count). The van der Waals surface area contributed by atoms with Crippen LogP contribution in [0.2, 0.25) is 0 Å². The van der Waals surface area contributed by atoms with Crippen LogP contribution in [0.5, 0.6) is 0 Å². The van der Waals surface area contributed by atoms with E-state index in [1.54, 1.807) is 6.07 Å². The smallest absolute Gasteiger partial charge is 0.292 e. The Balaban J connectivity index is 1.73. The Morgan fingerprint density at radius 3 is 3.00 bits per heavy atom. The summed E-state index contributed by atoms with van der Waals surface area (Å²) in [5.74, 6) is 1.35. The number of rotatable bonds is 1. The van der Waals surface area contributed by atoms with Gasteiger partial charge in [-0.25, -0.2) is 0 Å². The van der Waals surface area contributed by atoms with Gasteiger partial charge in [-0.3, -0.25) is 4.79 Å². The van der Waals surface area contributed by atoms with Crippen LogP contribution >= 0.6 is 0 Å². The van der Waals surface area contributed by atoms with Crippen LogP contribution in [0.15, 0.2) is 10.6 Å². The molecule has 0 radical (unpaired) electrons. The van der Waals surface area contributed by atoms with Gasteiger partial charge in [0.2, 0.25) is 5.76 Å². The molecule has 92 valence electrons. The number of nitrogens with zero attached hydrogens (tertiary/aromatic N) is 2. The Kier molecular flexibility index (Phi) is 2.43. The van der Waals surface area contributed by atoms with Crippen LogP contribution in [0.3, 0.4) is 0 Å². The molecule has 0 aromatic carbocycles. The van der Waals surface area contributed by atoms with E-state index in [0.717, 1.165) is 31.6 Å². The first kappa shape index (κ1) is 10.8. The summed E-state index contributed by atoms with van der Waals surface area (Å²) in [7, 11) is 0. The Hall–Kier alpha value is -1.36. The summed E-state index contributed by atoms with van der Waals surface area (Å²) in [5, 5.41) is 3.75. The van der Waals surface area contributed by atoms with Gasteiger partial charge in [-0.15, -0.1) is 0 Å². The molecule has 5 heteroatoms. The molecule has 5 nitrogen and oxygen atoms in total. The molecule has 0 spiro atoms. The average Bonchev–Trinajstić information content (AvgIpc) is 2.96. The summed E-state index contributed by atoms with van der Waals surface area (Å²) in [6.07, 6.45) is 2.24. The van der Waals surface area contributed by atoms with E-state index in [1.165, 1.54) is 0 Å². The number of likely N-dealkylation sites (tertiary alicyclic amines) is 1. The minimum atomic E-state index is -0.0489. The fourth-order valence-corrected chi connectivity index (χ4v) is 3.09. The highest BCUT2D eigenvalue weighted by Crippen LogP contribution is 2.37. The Labute approximate surface area is 99.9 Å². The number of aryl methyl sites for hydroxylation is 1. The fraction of sp³-hybridized carbons (Fsp3) is 0.667. The van der Waals surface area contributed by atoms with Crippen LogP contribution in [-0.2, 0) is 0 Å². The van der Waals surface area contributed by atoms with Gasteiger partial charge in [0, 0.05) is 25.2 Å². The van der Waals surface area contributed by atoms with Crippen molar-refractivity contribution in [3.8, 4) is 0 Å². The zero-order valence-electron chi connectivity index (χ0n) is 9.93. The average molecular weight is 235 g/mol. The molecule has 1 aromatic heterocycles. The van der Waals surface area contributed by atoms with Gasteiger partial charge >= 0.3 is 0 Å². The van der Waals surface area contributed by atoms with E-state index < -0.39 is 0 Å². The molecule has 2 N–H and O–H groups in total. The zero-order valence-corrected chi connectivity index (χ0v) is 9.93. The first-order chi connectivity index (χ1) is 8.15. The largest absolute Gasteiger partial charge is 0.351 e. The summed E-state index contributed by atoms with van der Waals surface area (Å²) < 4.78 is 5.01. The van der Waals surface area contributed by atoms with Crippen LogP contribution in [0.25, 0.3) is 0 Å². The number of aromatic nitrogens is 1. The van der Waals surface area contributed by atoms with Crippen LogP contribution in [0.1, 0.15) is 29.1 Å². The molecule has 1 saturated carbocycles. The lowest BCUT2D eigenvalue weighted by molar-refractivity contribution is 0.0738. The SMILES string of the molecule is Cc1cc(C(=O)N2C[C@@H]3CC[C@H](N)[C@H]3C2)on1. The van der Waals surface area contributed by atoms with E-state index in [1.807, 2.05) is 11.8 Å². The van der Waals surface area contributed by atoms with Crippen molar-refractivity contribution >= 4 is 5.91 Å². The van der Waals surface area contributed by atoms with Crippen LogP contribution in [0, 0.1) is 18.8 Å². The molecule has 0 bridgehead atoms. The van der Waals surface area contributed by atoms with Crippen LogP contribution in [-0.4, -0.2) is 35.1 Å². The molecule has 2 aliphatic rings. The van der Waals surface area contributed by atoms with Gasteiger partial charge in [0.1, 0.15) is 0 Å². The normalized spacial score (nSPS) is 31.9. The molecule has 1 aliphatic heterocycles. The summed E-state index contributed by atoms with van der Waals surface area (Å²) in [6.45, 7) is 3.40. The lowest BCUT2D eigenvalue weighted by Crippen LogP contribution is -2.33. The van der Waals surface area contributed by atoms with Gasteiger partial charge in [0.15, 0.2) is 0 Å². The monoisotopic (exact) mass is 235 g/mol. The number of hydrogen-bond acceptors (Lipinski definition) is 4. The second-order valence-electron chi connectivity index (χ2n) is 5.21. The van der Waals surface area contributed by atoms with E-state index in [9.17, 15) is 4.79 Å². The molecular weight excluding hydrogens is 218 g/mol. The molecule has 1 aliphatic carbocycles. The van der Waals surface area contributed by atoms with Crippen molar-refractivity contribution in [1.29, 1.82) is 0 Å². The van der Waals surface area contributed by atoms with Gasteiger partial charge in [-0.1, -0.05) is 5.16 Å². The van der Waals surface area contributed by atoms with Crippen molar-refractivity contribution in [2.45, 2.75) is 25.8 Å². The molecule has 1 aromatic rings. The number of carbonyl (C=O) groups is 1. The minimum Gasteiger partial charge on any atom is -0.351 e. The first-order valence-corrected chi connectivity index (χ1v) is 6.13. The quantitative estimate of drug-likeness (QED) is 0.781. The van der Waals surface area contributed by atoms with E-state index in [0.29, 0.717) is 17.6 Å². The van der Waals surface area contributed by atoms with E-state index >= 15 is 0 Å². The Morgan fingerprint density at radius 1 is 1.53 bits per heavy atom. The van der Waals surface area contributed by atoms with Gasteiger partial charge in [-0.05, 0) is 31.6 Å². The Morgan fingerprint density at radius 2 is 2.35 bits per heavy atom. The molecule has 3 atom stereocenters. The molecule has 2 fully saturated rings. The predicted octanol–water partition coefficient (Wildman–Crippen LogP) is 0.792. The maximum Gasteiger partial charge on any atom is 0.292 e. The van der Waals surface area contributed by atoms with E-state index in [2.05, 4.69) is 5.16 Å². The lowest BCUT2D eigenvalue weighted by Gasteiger charge is -2.16. The summed E-state index contributed by atoms with van der Waals surface area (Å²) >= 11 is 0. The van der Waals surface area contributed by atoms with Crippen molar-refractivity contribution in [3.63, 3.8) is 0 Å². The molecule has 0 unspecified atom stereocenters. The van der Waals surface area contributed by atoms with Gasteiger partial charge in [0.25, 0.3) is 5.91 Å². The number of carbonyl (C=O) groups excluding carboxylic acids is 1. The number of amides is 1. The number of hydrogen-bond donors (Lipinski definition) is 1. The number of nitrogens with two attached hydrogens (primary N) is 1. The van der Waals surface area contributed by atoms with Gasteiger partial charge in [-0.2, -0.15) is 0 Å². The van der Waals surface area contributed by atoms with Crippen molar-refractivity contribution in [2.24, 2.45) is 17.6 Å². The van der Waals surface area contributed by atoms with Crippen LogP contribution in [0.4, 0.5) is 0 Å². The third kappa shape index (κ3) is 1.74. The highest BCUT2D eigenvalue weighted by atomic mass is 16.5. The molecule has 17 heavy (non-hydrogen) atoms. The highest BCUT2D eigenvalue weighted by Gasteiger charge is 2.43. The maximum atomic E-state index is 12.1. The summed E-state index contributed by atoms with van der Waals surface area (Å²) in [5.41, 5.74) is 6.79. The molecule has 2 heterocycles. The molecule has 1 saturated heterocycles. The molecule has 1 amide bonds. The molecular formula is C12H17N3O2. The minimum absolute atomic E-state index is 0.0489. The van der Waals surface area contributed by atoms with Crippen molar-refractivity contribution in [1.82, 2.24) is 10.1 Å². The maximum absolute atomic E-state index is 12.1.